The lowest BCUT2D eigenvalue weighted by Gasteiger charge is -2.25. The van der Waals surface area contributed by atoms with Crippen molar-refractivity contribution in [1.29, 1.82) is 0 Å². The molecular formula is C20H39NO2. The first kappa shape index (κ1) is 22.1. The van der Waals surface area contributed by atoms with Crippen LogP contribution in [-0.2, 0) is 9.59 Å². The van der Waals surface area contributed by atoms with E-state index in [4.69, 9.17) is 5.73 Å². The van der Waals surface area contributed by atoms with Crippen LogP contribution in [0, 0.1) is 17.8 Å². The van der Waals surface area contributed by atoms with Crippen molar-refractivity contribution in [3.63, 3.8) is 0 Å². The topological polar surface area (TPSA) is 60.2 Å². The van der Waals surface area contributed by atoms with Gasteiger partial charge in [0.2, 0.25) is 5.91 Å². The molecule has 0 aromatic heterocycles. The summed E-state index contributed by atoms with van der Waals surface area (Å²) in [5.41, 5.74) is 5.26. The maximum atomic E-state index is 12.5. The van der Waals surface area contributed by atoms with Crippen LogP contribution in [0.5, 0.6) is 0 Å². The third-order valence-corrected chi connectivity index (χ3v) is 5.13. The van der Waals surface area contributed by atoms with Crippen LogP contribution in [0.2, 0.25) is 0 Å². The summed E-state index contributed by atoms with van der Waals surface area (Å²) in [6.45, 7) is 8.84. The van der Waals surface area contributed by atoms with E-state index in [1.165, 1.54) is 38.5 Å². The summed E-state index contributed by atoms with van der Waals surface area (Å²) < 4.78 is 0. The molecule has 0 aliphatic rings. The first-order chi connectivity index (χ1) is 11.0. The molecule has 3 heteroatoms. The molecule has 2 N–H and O–H groups in total. The van der Waals surface area contributed by atoms with E-state index >= 15 is 0 Å². The molecule has 0 bridgehead atoms. The lowest BCUT2D eigenvalue weighted by molar-refractivity contribution is -0.129. The maximum absolute atomic E-state index is 12.5. The Kier molecular flexibility index (Phi) is 13.1. The zero-order valence-corrected chi connectivity index (χ0v) is 15.9. The normalized spacial score (nSPS) is 15.1. The zero-order chi connectivity index (χ0) is 17.7. The second-order valence-electron chi connectivity index (χ2n) is 7.11. The number of hydrogen-bond acceptors (Lipinski definition) is 2. The predicted molar refractivity (Wildman–Crippen MR) is 98.2 cm³/mol. The first-order valence-corrected chi connectivity index (χ1v) is 9.79. The number of unbranched alkanes of at least 4 members (excludes halogenated alkanes) is 2. The number of carbonyl (C=O) groups excluding carboxylic acids is 2. The average Bonchev–Trinajstić information content (AvgIpc) is 2.52. The molecule has 0 aliphatic heterocycles. The smallest absolute Gasteiger partial charge is 0.224 e. The zero-order valence-electron chi connectivity index (χ0n) is 15.9. The fourth-order valence-electron chi connectivity index (χ4n) is 3.44. The number of nitrogens with two attached hydrogens (primary N) is 1. The van der Waals surface area contributed by atoms with E-state index in [0.29, 0.717) is 11.8 Å². The minimum absolute atomic E-state index is 0.0195. The number of hydrogen-bond donors (Lipinski definition) is 1. The first-order valence-electron chi connectivity index (χ1n) is 9.79. The maximum Gasteiger partial charge on any atom is 0.224 e. The summed E-state index contributed by atoms with van der Waals surface area (Å²) in [4.78, 5) is 23.7. The predicted octanol–water partition coefficient (Wildman–Crippen LogP) is 5.26. The summed E-state index contributed by atoms with van der Waals surface area (Å²) in [5.74, 6) is 0.803. The lowest BCUT2D eigenvalue weighted by Crippen LogP contribution is -2.26. The summed E-state index contributed by atoms with van der Waals surface area (Å²) in [7, 11) is 0. The van der Waals surface area contributed by atoms with E-state index in [-0.39, 0.29) is 18.1 Å². The van der Waals surface area contributed by atoms with Gasteiger partial charge in [-0.3, -0.25) is 9.59 Å². The van der Waals surface area contributed by atoms with Crippen molar-refractivity contribution in [2.45, 2.75) is 98.3 Å². The van der Waals surface area contributed by atoms with Gasteiger partial charge in [0, 0.05) is 5.92 Å². The molecule has 3 nitrogen and oxygen atoms in total. The minimum atomic E-state index is -0.483. The van der Waals surface area contributed by atoms with Crippen LogP contribution < -0.4 is 5.73 Å². The third kappa shape index (κ3) is 10.5. The van der Waals surface area contributed by atoms with Crippen molar-refractivity contribution in [2.24, 2.45) is 23.5 Å². The number of amides is 1. The Bertz CT molecular complexity index is 310. The van der Waals surface area contributed by atoms with Gasteiger partial charge >= 0.3 is 0 Å². The van der Waals surface area contributed by atoms with Crippen LogP contribution in [0.25, 0.3) is 0 Å². The number of primary amides is 1. The Morgan fingerprint density at radius 3 is 1.57 bits per heavy atom. The fraction of sp³-hybridized carbons (Fsp3) is 0.900. The molecule has 2 unspecified atom stereocenters. The molecular weight excluding hydrogens is 286 g/mol. The highest BCUT2D eigenvalue weighted by Gasteiger charge is 2.25. The summed E-state index contributed by atoms with van der Waals surface area (Å²) in [5, 5.41) is 0. The van der Waals surface area contributed by atoms with Gasteiger partial charge in [0.25, 0.3) is 0 Å². The highest BCUT2D eigenvalue weighted by atomic mass is 16.2. The number of carbonyl (C=O) groups is 2. The second kappa shape index (κ2) is 13.6. The van der Waals surface area contributed by atoms with Gasteiger partial charge < -0.3 is 5.73 Å². The third-order valence-electron chi connectivity index (χ3n) is 5.13. The van der Waals surface area contributed by atoms with Crippen molar-refractivity contribution in [3.05, 3.63) is 0 Å². The van der Waals surface area contributed by atoms with E-state index in [0.717, 1.165) is 25.7 Å². The standard InChI is InChI=1S/C20H39NO2/c1-5-9-11-16(7-3)13-18(19(22)15-20(21)23)14-17(8-4)12-10-6-2/h16-18H,5-15H2,1-4H3,(H2,21,23). The molecule has 2 atom stereocenters. The summed E-state index contributed by atoms with van der Waals surface area (Å²) in [6.07, 6.45) is 11.3. The molecule has 0 aromatic rings. The Labute approximate surface area is 143 Å². The quantitative estimate of drug-likeness (QED) is 0.417. The van der Waals surface area contributed by atoms with Crippen LogP contribution in [0.3, 0.4) is 0 Å². The molecule has 23 heavy (non-hydrogen) atoms. The molecule has 0 saturated heterocycles. The summed E-state index contributed by atoms with van der Waals surface area (Å²) >= 11 is 0. The molecule has 0 rings (SSSR count). The van der Waals surface area contributed by atoms with Gasteiger partial charge in [-0.15, -0.1) is 0 Å². The lowest BCUT2D eigenvalue weighted by atomic mass is 9.79. The van der Waals surface area contributed by atoms with Gasteiger partial charge in [-0.1, -0.05) is 79.1 Å². The van der Waals surface area contributed by atoms with Crippen LogP contribution >= 0.6 is 0 Å². The average molecular weight is 326 g/mol. The fourth-order valence-corrected chi connectivity index (χ4v) is 3.44. The van der Waals surface area contributed by atoms with Gasteiger partial charge in [-0.25, -0.2) is 0 Å². The van der Waals surface area contributed by atoms with Crippen molar-refractivity contribution >= 4 is 11.7 Å². The van der Waals surface area contributed by atoms with Crippen molar-refractivity contribution in [1.82, 2.24) is 0 Å². The summed E-state index contributed by atoms with van der Waals surface area (Å²) in [6, 6.07) is 0. The van der Waals surface area contributed by atoms with Crippen LogP contribution in [0.4, 0.5) is 0 Å². The van der Waals surface area contributed by atoms with Crippen molar-refractivity contribution in [3.8, 4) is 0 Å². The molecule has 0 saturated carbocycles. The van der Waals surface area contributed by atoms with Crippen molar-refractivity contribution in [2.75, 3.05) is 0 Å². The Hall–Kier alpha value is -0.860. The molecule has 0 aromatic carbocycles. The van der Waals surface area contributed by atoms with Crippen LogP contribution in [0.15, 0.2) is 0 Å². The van der Waals surface area contributed by atoms with E-state index in [2.05, 4.69) is 27.7 Å². The molecule has 0 heterocycles. The monoisotopic (exact) mass is 325 g/mol. The Morgan fingerprint density at radius 1 is 0.826 bits per heavy atom. The highest BCUT2D eigenvalue weighted by Crippen LogP contribution is 2.30. The number of Topliss-reactive ketones (excluding diaryl/α,β-unsaturated/α-hetero) is 1. The van der Waals surface area contributed by atoms with E-state index in [1.807, 2.05) is 0 Å². The van der Waals surface area contributed by atoms with Gasteiger partial charge in [-0.2, -0.15) is 0 Å². The SMILES string of the molecule is CCCCC(CC)CC(CC(CC)CCCC)C(=O)CC(N)=O. The molecule has 1 amide bonds. The largest absolute Gasteiger partial charge is 0.369 e. The van der Waals surface area contributed by atoms with E-state index in [1.54, 1.807) is 0 Å². The Morgan fingerprint density at radius 2 is 1.26 bits per heavy atom. The molecule has 0 aliphatic carbocycles. The molecule has 0 radical (unpaired) electrons. The highest BCUT2D eigenvalue weighted by molar-refractivity contribution is 5.98. The van der Waals surface area contributed by atoms with Gasteiger partial charge in [0.1, 0.15) is 5.78 Å². The number of rotatable bonds is 15. The minimum Gasteiger partial charge on any atom is -0.369 e. The van der Waals surface area contributed by atoms with E-state index in [9.17, 15) is 9.59 Å². The van der Waals surface area contributed by atoms with Crippen molar-refractivity contribution < 1.29 is 9.59 Å². The molecule has 0 fully saturated rings. The van der Waals surface area contributed by atoms with Gasteiger partial charge in [0.05, 0.1) is 6.42 Å². The van der Waals surface area contributed by atoms with Crippen LogP contribution in [-0.4, -0.2) is 11.7 Å². The Balaban J connectivity index is 4.83. The van der Waals surface area contributed by atoms with Gasteiger partial charge in [0.15, 0.2) is 0 Å². The molecule has 136 valence electrons. The number of ketones is 1. The van der Waals surface area contributed by atoms with Gasteiger partial charge in [-0.05, 0) is 24.7 Å². The van der Waals surface area contributed by atoms with E-state index < -0.39 is 5.91 Å². The molecule has 0 spiro atoms. The second-order valence-corrected chi connectivity index (χ2v) is 7.11. The van der Waals surface area contributed by atoms with Crippen LogP contribution in [0.1, 0.15) is 98.3 Å².